The molecule has 3 N–H and O–H groups in total. The summed E-state index contributed by atoms with van der Waals surface area (Å²) in [4.78, 5) is 10.8. The highest BCUT2D eigenvalue weighted by molar-refractivity contribution is 5.76. The largest absolute Gasteiger partial charge is 0.391 e. The highest BCUT2D eigenvalue weighted by atomic mass is 16.6. The fourth-order valence-electron chi connectivity index (χ4n) is 1.63. The number of Topliss-reactive ketones (excluding diaryl/α,β-unsaturated/α-hetero) is 1. The second-order valence-corrected chi connectivity index (χ2v) is 3.77. The van der Waals surface area contributed by atoms with Gasteiger partial charge in [0, 0.05) is 6.42 Å². The quantitative estimate of drug-likeness (QED) is 0.539. The SMILES string of the molecule is CC(=O)C[C@H]1O[C@H]([C@H](C)O)[C@@H](O)[C@@H]1O. The van der Waals surface area contributed by atoms with Crippen LogP contribution in [0.25, 0.3) is 0 Å². The number of hydrogen-bond acceptors (Lipinski definition) is 5. The van der Waals surface area contributed by atoms with E-state index in [1.807, 2.05) is 0 Å². The van der Waals surface area contributed by atoms with Crippen LogP contribution < -0.4 is 0 Å². The summed E-state index contributed by atoms with van der Waals surface area (Å²) in [5.41, 5.74) is 0. The topological polar surface area (TPSA) is 87.0 Å². The predicted octanol–water partition coefficient (Wildman–Crippen LogP) is -1.16. The minimum absolute atomic E-state index is 0.0570. The average molecular weight is 204 g/mol. The summed E-state index contributed by atoms with van der Waals surface area (Å²) in [6.45, 7) is 2.86. The molecule has 82 valence electrons. The van der Waals surface area contributed by atoms with Gasteiger partial charge in [-0.2, -0.15) is 0 Å². The van der Waals surface area contributed by atoms with Gasteiger partial charge in [-0.3, -0.25) is 4.79 Å². The van der Waals surface area contributed by atoms with E-state index in [0.717, 1.165) is 0 Å². The molecule has 5 atom stereocenters. The maximum absolute atomic E-state index is 10.8. The average Bonchev–Trinajstić information content (AvgIpc) is 2.32. The van der Waals surface area contributed by atoms with Crippen molar-refractivity contribution in [2.24, 2.45) is 0 Å². The second kappa shape index (κ2) is 4.35. The standard InChI is InChI=1S/C9H16O5/c1-4(10)3-6-7(12)8(13)9(14-6)5(2)11/h5-9,11-13H,3H2,1-2H3/t5-,6+,7+,8-,9+/m0/s1. The summed E-state index contributed by atoms with van der Waals surface area (Å²) in [5.74, 6) is -0.118. The van der Waals surface area contributed by atoms with Crippen molar-refractivity contribution in [1.29, 1.82) is 0 Å². The van der Waals surface area contributed by atoms with E-state index >= 15 is 0 Å². The molecule has 1 saturated heterocycles. The Labute approximate surface area is 82.3 Å². The Balaban J connectivity index is 2.62. The fourth-order valence-corrected chi connectivity index (χ4v) is 1.63. The summed E-state index contributed by atoms with van der Waals surface area (Å²) >= 11 is 0. The zero-order valence-corrected chi connectivity index (χ0v) is 8.25. The molecule has 0 aromatic heterocycles. The van der Waals surface area contributed by atoms with Crippen LogP contribution in [-0.4, -0.2) is 51.6 Å². The Morgan fingerprint density at radius 1 is 1.43 bits per heavy atom. The molecule has 0 aliphatic carbocycles. The van der Waals surface area contributed by atoms with E-state index in [1.54, 1.807) is 0 Å². The zero-order valence-electron chi connectivity index (χ0n) is 8.25. The third-order valence-electron chi connectivity index (χ3n) is 2.36. The maximum atomic E-state index is 10.8. The molecule has 1 heterocycles. The lowest BCUT2D eigenvalue weighted by molar-refractivity contribution is -0.122. The van der Waals surface area contributed by atoms with Crippen molar-refractivity contribution >= 4 is 5.78 Å². The Hall–Kier alpha value is -0.490. The van der Waals surface area contributed by atoms with E-state index in [1.165, 1.54) is 13.8 Å². The molecule has 0 aromatic carbocycles. The van der Waals surface area contributed by atoms with Crippen LogP contribution in [0.3, 0.4) is 0 Å². The molecule has 14 heavy (non-hydrogen) atoms. The van der Waals surface area contributed by atoms with Crippen LogP contribution in [0.1, 0.15) is 20.3 Å². The van der Waals surface area contributed by atoms with Gasteiger partial charge in [0.15, 0.2) is 0 Å². The molecule has 0 spiro atoms. The Bertz CT molecular complexity index is 215. The van der Waals surface area contributed by atoms with E-state index in [2.05, 4.69) is 0 Å². The number of ketones is 1. The summed E-state index contributed by atoms with van der Waals surface area (Å²) in [6.07, 6.45) is -4.55. The van der Waals surface area contributed by atoms with E-state index in [4.69, 9.17) is 4.74 Å². The first-order valence-electron chi connectivity index (χ1n) is 4.62. The van der Waals surface area contributed by atoms with E-state index < -0.39 is 30.5 Å². The summed E-state index contributed by atoms with van der Waals surface area (Å²) in [6, 6.07) is 0. The lowest BCUT2D eigenvalue weighted by Crippen LogP contribution is -2.37. The van der Waals surface area contributed by atoms with Gasteiger partial charge in [0.25, 0.3) is 0 Å². The molecule has 5 nitrogen and oxygen atoms in total. The number of ether oxygens (including phenoxy) is 1. The lowest BCUT2D eigenvalue weighted by atomic mass is 10.0. The molecule has 0 amide bonds. The summed E-state index contributed by atoms with van der Waals surface area (Å²) in [5, 5.41) is 28.2. The summed E-state index contributed by atoms with van der Waals surface area (Å²) in [7, 11) is 0. The van der Waals surface area contributed by atoms with E-state index in [0.29, 0.717) is 0 Å². The van der Waals surface area contributed by atoms with Gasteiger partial charge in [0.05, 0.1) is 12.2 Å². The third kappa shape index (κ3) is 2.30. The minimum atomic E-state index is -1.13. The molecule has 0 radical (unpaired) electrons. The molecule has 0 bridgehead atoms. The van der Waals surface area contributed by atoms with E-state index in [-0.39, 0.29) is 12.2 Å². The van der Waals surface area contributed by atoms with Crippen LogP contribution in [-0.2, 0) is 9.53 Å². The van der Waals surface area contributed by atoms with Crippen molar-refractivity contribution in [3.05, 3.63) is 0 Å². The highest BCUT2D eigenvalue weighted by Crippen LogP contribution is 2.25. The van der Waals surface area contributed by atoms with Crippen LogP contribution in [0.2, 0.25) is 0 Å². The lowest BCUT2D eigenvalue weighted by Gasteiger charge is -2.16. The molecular formula is C9H16O5. The van der Waals surface area contributed by atoms with Crippen LogP contribution >= 0.6 is 0 Å². The van der Waals surface area contributed by atoms with Gasteiger partial charge in [-0.25, -0.2) is 0 Å². The molecular weight excluding hydrogens is 188 g/mol. The molecule has 0 saturated carbocycles. The number of aliphatic hydroxyl groups excluding tert-OH is 3. The monoisotopic (exact) mass is 204 g/mol. The molecule has 1 fully saturated rings. The maximum Gasteiger partial charge on any atom is 0.132 e. The van der Waals surface area contributed by atoms with Crippen LogP contribution in [0.4, 0.5) is 0 Å². The third-order valence-corrected chi connectivity index (χ3v) is 2.36. The van der Waals surface area contributed by atoms with Crippen LogP contribution in [0, 0.1) is 0 Å². The number of hydrogen-bond donors (Lipinski definition) is 3. The van der Waals surface area contributed by atoms with Crippen LogP contribution in [0.15, 0.2) is 0 Å². The molecule has 1 aliphatic heterocycles. The van der Waals surface area contributed by atoms with Gasteiger partial charge in [-0.15, -0.1) is 0 Å². The van der Waals surface area contributed by atoms with Gasteiger partial charge in [0.2, 0.25) is 0 Å². The van der Waals surface area contributed by atoms with Crippen molar-refractivity contribution < 1.29 is 24.9 Å². The van der Waals surface area contributed by atoms with Crippen molar-refractivity contribution in [3.63, 3.8) is 0 Å². The van der Waals surface area contributed by atoms with Crippen molar-refractivity contribution in [2.45, 2.75) is 50.8 Å². The van der Waals surface area contributed by atoms with Gasteiger partial charge in [0.1, 0.15) is 24.1 Å². The van der Waals surface area contributed by atoms with Crippen molar-refractivity contribution in [2.75, 3.05) is 0 Å². The Kier molecular flexibility index (Phi) is 3.60. The second-order valence-electron chi connectivity index (χ2n) is 3.77. The predicted molar refractivity (Wildman–Crippen MR) is 47.7 cm³/mol. The number of carbonyl (C=O) groups is 1. The minimum Gasteiger partial charge on any atom is -0.391 e. The molecule has 1 rings (SSSR count). The first-order chi connectivity index (χ1) is 6.43. The Morgan fingerprint density at radius 3 is 2.36 bits per heavy atom. The van der Waals surface area contributed by atoms with Gasteiger partial charge < -0.3 is 20.1 Å². The van der Waals surface area contributed by atoms with Crippen LogP contribution in [0.5, 0.6) is 0 Å². The van der Waals surface area contributed by atoms with Gasteiger partial charge in [-0.05, 0) is 13.8 Å². The van der Waals surface area contributed by atoms with Gasteiger partial charge in [-0.1, -0.05) is 0 Å². The van der Waals surface area contributed by atoms with E-state index in [9.17, 15) is 20.1 Å². The molecule has 0 unspecified atom stereocenters. The zero-order chi connectivity index (χ0) is 10.9. The van der Waals surface area contributed by atoms with Gasteiger partial charge >= 0.3 is 0 Å². The van der Waals surface area contributed by atoms with Crippen molar-refractivity contribution in [1.82, 2.24) is 0 Å². The highest BCUT2D eigenvalue weighted by Gasteiger charge is 2.44. The normalized spacial score (nSPS) is 39.8. The first kappa shape index (κ1) is 11.6. The number of aliphatic hydroxyl groups is 3. The molecule has 1 aliphatic rings. The molecule has 5 heteroatoms. The number of rotatable bonds is 3. The number of carbonyl (C=O) groups excluding carboxylic acids is 1. The Morgan fingerprint density at radius 2 is 2.00 bits per heavy atom. The molecule has 0 aromatic rings. The fraction of sp³-hybridized carbons (Fsp3) is 0.889. The van der Waals surface area contributed by atoms with Crippen molar-refractivity contribution in [3.8, 4) is 0 Å². The first-order valence-corrected chi connectivity index (χ1v) is 4.62. The summed E-state index contributed by atoms with van der Waals surface area (Å²) < 4.78 is 5.19. The smallest absolute Gasteiger partial charge is 0.132 e.